The van der Waals surface area contributed by atoms with Crippen molar-refractivity contribution in [3.8, 4) is 11.5 Å². The zero-order valence-corrected chi connectivity index (χ0v) is 18.1. The lowest BCUT2D eigenvalue weighted by atomic mass is 10.1. The van der Waals surface area contributed by atoms with E-state index in [1.807, 2.05) is 18.2 Å². The first-order chi connectivity index (χ1) is 14.8. The van der Waals surface area contributed by atoms with E-state index in [1.54, 1.807) is 13.3 Å². The summed E-state index contributed by atoms with van der Waals surface area (Å²) in [6.45, 7) is 5.60. The second-order valence-electron chi connectivity index (χ2n) is 6.69. The topological polar surface area (TPSA) is 144 Å². The third-order valence-electron chi connectivity index (χ3n) is 4.09. The first kappa shape index (κ1) is 25.7. The molecule has 2 aromatic rings. The van der Waals surface area contributed by atoms with Crippen LogP contribution in [0.5, 0.6) is 11.5 Å². The van der Waals surface area contributed by atoms with E-state index in [9.17, 15) is 9.59 Å². The number of carboxylic acid groups (broad SMARTS) is 2. The van der Waals surface area contributed by atoms with Gasteiger partial charge in [0.25, 0.3) is 0 Å². The van der Waals surface area contributed by atoms with Crippen molar-refractivity contribution in [3.05, 3.63) is 36.5 Å². The summed E-state index contributed by atoms with van der Waals surface area (Å²) in [5.41, 5.74) is 7.46. The average molecular weight is 434 g/mol. The molecular weight excluding hydrogens is 402 g/mol. The van der Waals surface area contributed by atoms with Crippen LogP contribution in [-0.2, 0) is 9.59 Å². The first-order valence-corrected chi connectivity index (χ1v) is 10.0. The molecule has 1 unspecified atom stereocenters. The van der Waals surface area contributed by atoms with Gasteiger partial charge in [0, 0.05) is 35.8 Å². The molecule has 0 saturated carbocycles. The lowest BCUT2D eigenvalue weighted by Crippen LogP contribution is -2.17. The number of anilines is 1. The largest absolute Gasteiger partial charge is 0.493 e. The minimum Gasteiger partial charge on any atom is -0.493 e. The van der Waals surface area contributed by atoms with Crippen LogP contribution in [-0.4, -0.2) is 53.4 Å². The Balaban J connectivity index is 0.000000512. The summed E-state index contributed by atoms with van der Waals surface area (Å²) in [7, 11) is 1.66. The number of pyridine rings is 1. The number of nitrogens with two attached hydrogens (primary N) is 1. The Morgan fingerprint density at radius 3 is 2.52 bits per heavy atom. The van der Waals surface area contributed by atoms with Crippen LogP contribution in [0.2, 0.25) is 0 Å². The van der Waals surface area contributed by atoms with Crippen molar-refractivity contribution in [2.24, 2.45) is 5.73 Å². The molecule has 0 saturated heterocycles. The quantitative estimate of drug-likeness (QED) is 0.392. The Kier molecular flexibility index (Phi) is 11.5. The molecule has 0 amide bonds. The van der Waals surface area contributed by atoms with Gasteiger partial charge in [0.15, 0.2) is 11.5 Å². The number of ether oxygens (including phenoxy) is 2. The van der Waals surface area contributed by atoms with Gasteiger partial charge in [0.1, 0.15) is 0 Å². The number of nitrogens with zero attached hydrogens (tertiary/aromatic N) is 1. The molecule has 1 atom stereocenters. The van der Waals surface area contributed by atoms with E-state index in [-0.39, 0.29) is 0 Å². The smallest absolute Gasteiger partial charge is 0.328 e. The van der Waals surface area contributed by atoms with Crippen molar-refractivity contribution in [1.82, 2.24) is 4.98 Å². The highest BCUT2D eigenvalue weighted by atomic mass is 16.5. The lowest BCUT2D eigenvalue weighted by Gasteiger charge is -2.19. The summed E-state index contributed by atoms with van der Waals surface area (Å²) in [4.78, 5) is 23.6. The second kappa shape index (κ2) is 13.8. The van der Waals surface area contributed by atoms with Crippen molar-refractivity contribution in [2.75, 3.05) is 25.6 Å². The summed E-state index contributed by atoms with van der Waals surface area (Å²) >= 11 is 0. The van der Waals surface area contributed by atoms with Gasteiger partial charge < -0.3 is 30.7 Å². The van der Waals surface area contributed by atoms with Crippen molar-refractivity contribution in [3.63, 3.8) is 0 Å². The van der Waals surface area contributed by atoms with Gasteiger partial charge in [0.05, 0.1) is 24.9 Å². The van der Waals surface area contributed by atoms with E-state index in [0.29, 0.717) is 31.3 Å². The normalized spacial score (nSPS) is 11.5. The van der Waals surface area contributed by atoms with Crippen molar-refractivity contribution >= 4 is 28.5 Å². The van der Waals surface area contributed by atoms with Gasteiger partial charge in [-0.05, 0) is 44.9 Å². The van der Waals surface area contributed by atoms with E-state index in [1.165, 1.54) is 0 Å². The molecule has 0 spiro atoms. The molecule has 1 aromatic carbocycles. The number of hydrogen-bond donors (Lipinski definition) is 4. The maximum Gasteiger partial charge on any atom is 0.328 e. The van der Waals surface area contributed by atoms with E-state index in [4.69, 9.17) is 25.4 Å². The maximum absolute atomic E-state index is 9.55. The molecule has 9 heteroatoms. The molecule has 0 fully saturated rings. The number of benzene rings is 1. The van der Waals surface area contributed by atoms with Crippen LogP contribution in [0.1, 0.15) is 33.1 Å². The number of methoxy groups -OCH3 is 1. The molecule has 9 nitrogen and oxygen atoms in total. The van der Waals surface area contributed by atoms with Gasteiger partial charge in [0.2, 0.25) is 0 Å². The molecule has 0 radical (unpaired) electrons. The number of nitrogens with one attached hydrogen (secondary N) is 1. The Hall–Kier alpha value is -3.33. The first-order valence-electron chi connectivity index (χ1n) is 10.0. The molecule has 0 aliphatic carbocycles. The number of fused-ring (bicyclic) bond motifs is 1. The van der Waals surface area contributed by atoms with E-state index in [0.717, 1.165) is 47.4 Å². The number of carboxylic acids is 2. The van der Waals surface area contributed by atoms with Crippen molar-refractivity contribution < 1.29 is 29.3 Å². The highest BCUT2D eigenvalue weighted by Crippen LogP contribution is 2.39. The third kappa shape index (κ3) is 8.91. The highest BCUT2D eigenvalue weighted by Gasteiger charge is 2.16. The highest BCUT2D eigenvalue weighted by molar-refractivity contribution is 5.97. The van der Waals surface area contributed by atoms with E-state index in [2.05, 4.69) is 24.1 Å². The summed E-state index contributed by atoms with van der Waals surface area (Å²) in [6, 6.07) is 6.23. The maximum atomic E-state index is 9.55. The average Bonchev–Trinajstić information content (AvgIpc) is 2.75. The van der Waals surface area contributed by atoms with Gasteiger partial charge in [-0.2, -0.15) is 0 Å². The van der Waals surface area contributed by atoms with Crippen LogP contribution in [0.3, 0.4) is 0 Å². The fourth-order valence-electron chi connectivity index (χ4n) is 2.72. The van der Waals surface area contributed by atoms with Gasteiger partial charge >= 0.3 is 11.9 Å². The minimum absolute atomic E-state index is 0.316. The molecule has 5 N–H and O–H groups in total. The van der Waals surface area contributed by atoms with E-state index >= 15 is 0 Å². The molecule has 1 aromatic heterocycles. The van der Waals surface area contributed by atoms with E-state index < -0.39 is 11.9 Å². The SMILES string of the molecule is CCCOc1c(OC)cc(NC(C)CCCN)c2ncccc12.O=C(O)C=CC(=O)O. The Bertz CT molecular complexity index is 869. The Morgan fingerprint density at radius 2 is 1.97 bits per heavy atom. The second-order valence-corrected chi connectivity index (χ2v) is 6.69. The molecule has 0 aliphatic heterocycles. The monoisotopic (exact) mass is 433 g/mol. The minimum atomic E-state index is -1.26. The van der Waals surface area contributed by atoms with Crippen LogP contribution in [0.25, 0.3) is 10.9 Å². The Labute approximate surface area is 181 Å². The van der Waals surface area contributed by atoms with Gasteiger partial charge in [-0.3, -0.25) is 4.98 Å². The summed E-state index contributed by atoms with van der Waals surface area (Å²) in [5, 5.41) is 20.1. The fraction of sp³-hybridized carbons (Fsp3) is 0.409. The number of aromatic nitrogens is 1. The molecule has 1 heterocycles. The number of hydrogen-bond acceptors (Lipinski definition) is 7. The zero-order chi connectivity index (χ0) is 23.2. The standard InChI is InChI=1S/C18H27N3O2.C4H4O4/c1-4-11-23-18-14-8-6-10-20-17(14)15(12-16(18)22-3)21-13(2)7-5-9-19;5-3(6)1-2-4(7)8/h6,8,10,12-13,21H,4-5,7,9,11,19H2,1-3H3;1-2H,(H,5,6)(H,7,8). The van der Waals surface area contributed by atoms with Crippen LogP contribution in [0.15, 0.2) is 36.5 Å². The molecule has 0 bridgehead atoms. The predicted octanol–water partition coefficient (Wildman–Crippen LogP) is 3.28. The summed E-state index contributed by atoms with van der Waals surface area (Å²) in [5.74, 6) is -1.02. The lowest BCUT2D eigenvalue weighted by molar-refractivity contribution is -0.134. The molecule has 2 rings (SSSR count). The van der Waals surface area contributed by atoms with Gasteiger partial charge in [-0.15, -0.1) is 0 Å². The fourth-order valence-corrected chi connectivity index (χ4v) is 2.72. The summed E-state index contributed by atoms with van der Waals surface area (Å²) < 4.78 is 11.4. The number of carbonyl (C=O) groups is 2. The summed E-state index contributed by atoms with van der Waals surface area (Å²) in [6.07, 6.45) is 5.87. The van der Waals surface area contributed by atoms with Crippen LogP contribution in [0.4, 0.5) is 5.69 Å². The Morgan fingerprint density at radius 1 is 1.29 bits per heavy atom. The zero-order valence-electron chi connectivity index (χ0n) is 18.1. The third-order valence-corrected chi connectivity index (χ3v) is 4.09. The predicted molar refractivity (Wildman–Crippen MR) is 120 cm³/mol. The van der Waals surface area contributed by atoms with Crippen LogP contribution < -0.4 is 20.5 Å². The number of rotatable bonds is 11. The van der Waals surface area contributed by atoms with Crippen molar-refractivity contribution in [2.45, 2.75) is 39.2 Å². The van der Waals surface area contributed by atoms with Gasteiger partial charge in [-0.1, -0.05) is 6.92 Å². The number of aliphatic carboxylic acids is 2. The van der Waals surface area contributed by atoms with Crippen LogP contribution >= 0.6 is 0 Å². The molecule has 31 heavy (non-hydrogen) atoms. The van der Waals surface area contributed by atoms with Gasteiger partial charge in [-0.25, -0.2) is 9.59 Å². The molecule has 170 valence electrons. The molecule has 0 aliphatic rings. The van der Waals surface area contributed by atoms with Crippen LogP contribution in [0, 0.1) is 0 Å². The van der Waals surface area contributed by atoms with Crippen molar-refractivity contribution in [1.29, 1.82) is 0 Å². The molecular formula is C22H31N3O6.